The Morgan fingerprint density at radius 3 is 2.86 bits per heavy atom. The highest BCUT2D eigenvalue weighted by Crippen LogP contribution is 2.36. The molecule has 2 fully saturated rings. The molecule has 0 aliphatic carbocycles. The van der Waals surface area contributed by atoms with E-state index in [1.54, 1.807) is 13.8 Å². The maximum Gasteiger partial charge on any atom is 0.330 e. The smallest absolute Gasteiger partial charge is 0.330 e. The number of hydrogen-bond donors (Lipinski definition) is 0. The topological polar surface area (TPSA) is 88.1 Å². The maximum absolute atomic E-state index is 11.8. The zero-order valence-corrected chi connectivity index (χ0v) is 11.9. The highest BCUT2D eigenvalue weighted by atomic mass is 16.7. The Kier molecular flexibility index (Phi) is 4.62. The predicted octanol–water partition coefficient (Wildman–Crippen LogP) is 0.571. The van der Waals surface area contributed by atoms with Gasteiger partial charge in [0, 0.05) is 12.5 Å². The minimum absolute atomic E-state index is 0.0955. The Balaban J connectivity index is 1.80. The van der Waals surface area contributed by atoms with Gasteiger partial charge < -0.3 is 18.9 Å². The van der Waals surface area contributed by atoms with E-state index in [1.807, 2.05) is 0 Å². The molecule has 2 rings (SSSR count). The van der Waals surface area contributed by atoms with Gasteiger partial charge in [-0.1, -0.05) is 6.58 Å². The van der Waals surface area contributed by atoms with Gasteiger partial charge in [0.2, 0.25) is 6.29 Å². The minimum atomic E-state index is -0.764. The summed E-state index contributed by atoms with van der Waals surface area (Å²) in [5.41, 5.74) is 0. The zero-order valence-electron chi connectivity index (χ0n) is 11.9. The van der Waals surface area contributed by atoms with E-state index in [0.717, 1.165) is 6.08 Å². The molecule has 2 heterocycles. The van der Waals surface area contributed by atoms with E-state index < -0.39 is 24.1 Å². The van der Waals surface area contributed by atoms with Crippen LogP contribution in [0.4, 0.5) is 0 Å². The van der Waals surface area contributed by atoms with Crippen molar-refractivity contribution in [2.75, 3.05) is 6.61 Å². The monoisotopic (exact) mass is 298 g/mol. The lowest BCUT2D eigenvalue weighted by molar-refractivity contribution is -0.187. The molecule has 5 unspecified atom stereocenters. The summed E-state index contributed by atoms with van der Waals surface area (Å²) in [6.45, 7) is 6.48. The maximum atomic E-state index is 11.8. The van der Waals surface area contributed by atoms with Gasteiger partial charge in [0.25, 0.3) is 0 Å². The molecule has 0 saturated carbocycles. The fraction of sp³-hybridized carbons (Fsp3) is 0.643. The van der Waals surface area contributed by atoms with Crippen LogP contribution in [0.3, 0.4) is 0 Å². The van der Waals surface area contributed by atoms with Gasteiger partial charge in [0.05, 0.1) is 11.8 Å². The number of esters is 3. The van der Waals surface area contributed by atoms with Crippen molar-refractivity contribution < 1.29 is 33.3 Å². The van der Waals surface area contributed by atoms with E-state index >= 15 is 0 Å². The Morgan fingerprint density at radius 2 is 2.24 bits per heavy atom. The van der Waals surface area contributed by atoms with Crippen LogP contribution in [0.2, 0.25) is 0 Å². The summed E-state index contributed by atoms with van der Waals surface area (Å²) in [6.07, 6.45) is -0.160. The van der Waals surface area contributed by atoms with Crippen LogP contribution in [0.5, 0.6) is 0 Å². The first-order valence-electron chi connectivity index (χ1n) is 6.78. The minimum Gasteiger partial charge on any atom is -0.462 e. The third-order valence-electron chi connectivity index (χ3n) is 3.51. The van der Waals surface area contributed by atoms with Crippen molar-refractivity contribution in [1.29, 1.82) is 0 Å². The molecule has 0 aromatic carbocycles. The lowest BCUT2D eigenvalue weighted by Crippen LogP contribution is -2.28. The van der Waals surface area contributed by atoms with Gasteiger partial charge in [-0.05, 0) is 13.8 Å². The molecular weight excluding hydrogens is 280 g/mol. The van der Waals surface area contributed by atoms with E-state index in [4.69, 9.17) is 18.9 Å². The van der Waals surface area contributed by atoms with Crippen LogP contribution in [0.25, 0.3) is 0 Å². The molecule has 0 bridgehead atoms. The Labute approximate surface area is 122 Å². The molecule has 0 N–H and O–H groups in total. The van der Waals surface area contributed by atoms with E-state index in [1.165, 1.54) is 0 Å². The second-order valence-corrected chi connectivity index (χ2v) is 5.19. The summed E-state index contributed by atoms with van der Waals surface area (Å²) in [4.78, 5) is 34.3. The molecule has 116 valence electrons. The Hall–Kier alpha value is -1.89. The van der Waals surface area contributed by atoms with Gasteiger partial charge in [-0.3, -0.25) is 9.59 Å². The molecule has 5 atom stereocenters. The summed E-state index contributed by atoms with van der Waals surface area (Å²) < 4.78 is 20.5. The largest absolute Gasteiger partial charge is 0.462 e. The van der Waals surface area contributed by atoms with Gasteiger partial charge in [0.1, 0.15) is 18.8 Å². The first-order valence-corrected chi connectivity index (χ1v) is 6.78. The predicted molar refractivity (Wildman–Crippen MR) is 68.7 cm³/mol. The second-order valence-electron chi connectivity index (χ2n) is 5.19. The van der Waals surface area contributed by atoms with Gasteiger partial charge in [-0.25, -0.2) is 4.79 Å². The fourth-order valence-corrected chi connectivity index (χ4v) is 2.33. The van der Waals surface area contributed by atoms with Crippen molar-refractivity contribution in [1.82, 2.24) is 0 Å². The second kappa shape index (κ2) is 6.26. The van der Waals surface area contributed by atoms with Gasteiger partial charge in [0.15, 0.2) is 0 Å². The molecule has 0 radical (unpaired) electrons. The number of cyclic esters (lactones) is 1. The number of carbonyl (C=O) groups is 3. The number of rotatable bonds is 5. The molecule has 0 aromatic heterocycles. The van der Waals surface area contributed by atoms with Crippen molar-refractivity contribution in [3.63, 3.8) is 0 Å². The van der Waals surface area contributed by atoms with E-state index in [9.17, 15) is 14.4 Å². The molecule has 21 heavy (non-hydrogen) atoms. The van der Waals surface area contributed by atoms with Crippen molar-refractivity contribution in [2.45, 2.75) is 38.8 Å². The van der Waals surface area contributed by atoms with Crippen molar-refractivity contribution in [3.05, 3.63) is 12.7 Å². The standard InChI is InChI=1S/C14H18O7/c1-4-10(15)18-6-7(2)13(16)21-11-5-9-12(20-11)8(3)19-14(9)17/h4,7-9,11-12H,1,5-6H2,2-3H3. The molecule has 7 nitrogen and oxygen atoms in total. The number of fused-ring (bicyclic) bond motifs is 1. The van der Waals surface area contributed by atoms with Crippen molar-refractivity contribution in [3.8, 4) is 0 Å². The van der Waals surface area contributed by atoms with Crippen LogP contribution in [-0.4, -0.2) is 43.0 Å². The molecule has 2 aliphatic rings. The summed E-state index contributed by atoms with van der Waals surface area (Å²) in [6, 6.07) is 0. The van der Waals surface area contributed by atoms with E-state index in [-0.39, 0.29) is 30.7 Å². The summed E-state index contributed by atoms with van der Waals surface area (Å²) >= 11 is 0. The molecule has 0 amide bonds. The fourth-order valence-electron chi connectivity index (χ4n) is 2.33. The van der Waals surface area contributed by atoms with E-state index in [0.29, 0.717) is 6.42 Å². The Morgan fingerprint density at radius 1 is 1.52 bits per heavy atom. The van der Waals surface area contributed by atoms with E-state index in [2.05, 4.69) is 6.58 Å². The highest BCUT2D eigenvalue weighted by molar-refractivity contribution is 5.81. The average molecular weight is 298 g/mol. The number of carbonyl (C=O) groups excluding carboxylic acids is 3. The summed E-state index contributed by atoms with van der Waals surface area (Å²) in [7, 11) is 0. The average Bonchev–Trinajstić information content (AvgIpc) is 2.97. The van der Waals surface area contributed by atoms with Crippen LogP contribution in [0.1, 0.15) is 20.3 Å². The lowest BCUT2D eigenvalue weighted by atomic mass is 10.0. The van der Waals surface area contributed by atoms with Crippen LogP contribution in [0.15, 0.2) is 12.7 Å². The molecular formula is C14H18O7. The first-order chi connectivity index (χ1) is 9.92. The quantitative estimate of drug-likeness (QED) is 0.416. The number of ether oxygens (including phenoxy) is 4. The third kappa shape index (κ3) is 3.41. The Bertz CT molecular complexity index is 458. The normalized spacial score (nSPS) is 32.0. The van der Waals surface area contributed by atoms with Gasteiger partial charge >= 0.3 is 17.9 Å². The molecule has 0 spiro atoms. The van der Waals surface area contributed by atoms with Gasteiger partial charge in [-0.2, -0.15) is 0 Å². The van der Waals surface area contributed by atoms with Gasteiger partial charge in [-0.15, -0.1) is 0 Å². The number of hydrogen-bond acceptors (Lipinski definition) is 7. The van der Waals surface area contributed by atoms with Crippen LogP contribution in [0, 0.1) is 11.8 Å². The molecule has 2 saturated heterocycles. The molecule has 2 aliphatic heterocycles. The van der Waals surface area contributed by atoms with Crippen molar-refractivity contribution in [2.24, 2.45) is 11.8 Å². The molecule has 0 aromatic rings. The summed E-state index contributed by atoms with van der Waals surface area (Å²) in [5.74, 6) is -2.47. The summed E-state index contributed by atoms with van der Waals surface area (Å²) in [5, 5.41) is 0. The van der Waals surface area contributed by atoms with Crippen LogP contribution >= 0.6 is 0 Å². The van der Waals surface area contributed by atoms with Crippen LogP contribution < -0.4 is 0 Å². The highest BCUT2D eigenvalue weighted by Gasteiger charge is 2.51. The SMILES string of the molecule is C=CC(=O)OCC(C)C(=O)OC1CC2C(=O)OC(C)C2O1. The third-order valence-corrected chi connectivity index (χ3v) is 3.51. The molecule has 7 heteroatoms. The van der Waals surface area contributed by atoms with Crippen molar-refractivity contribution >= 4 is 17.9 Å². The zero-order chi connectivity index (χ0) is 15.6. The lowest BCUT2D eigenvalue weighted by Gasteiger charge is -2.18. The first kappa shape index (κ1) is 15.5. The van der Waals surface area contributed by atoms with Crippen LogP contribution in [-0.2, 0) is 33.3 Å².